The Morgan fingerprint density at radius 3 is 1.70 bits per heavy atom. The van der Waals surface area contributed by atoms with Crippen LogP contribution in [0.3, 0.4) is 0 Å². The number of carboxylic acid groups (broad SMARTS) is 2. The molecular weight excluding hydrogens is 504 g/mol. The van der Waals surface area contributed by atoms with E-state index in [0.29, 0.717) is 5.56 Å². The Kier molecular flexibility index (Phi) is 5.22. The Balaban J connectivity index is 1.46. The maximum absolute atomic E-state index is 12.6. The zero-order chi connectivity index (χ0) is 27.1. The van der Waals surface area contributed by atoms with Crippen LogP contribution in [0.4, 0.5) is 11.4 Å². The Labute approximate surface area is 233 Å². The number of anilines is 2. The number of aromatic carboxylic acids is 2. The first kappa shape index (κ1) is 23.9. The highest BCUT2D eigenvalue weighted by molar-refractivity contribution is 5.94. The highest BCUT2D eigenvalue weighted by Gasteiger charge is 2.40. The molecule has 3 aromatic rings. The van der Waals surface area contributed by atoms with E-state index in [1.807, 2.05) is 0 Å². The lowest BCUT2D eigenvalue weighted by atomic mass is 9.74. The van der Waals surface area contributed by atoms with Crippen LogP contribution < -0.4 is 14.5 Å². The molecule has 0 saturated carbocycles. The normalized spacial score (nSPS) is 18.7. The number of aryl methyl sites for hydroxylation is 2. The van der Waals surface area contributed by atoms with Crippen molar-refractivity contribution in [2.24, 2.45) is 0 Å². The van der Waals surface area contributed by atoms with E-state index in [9.17, 15) is 19.8 Å². The number of rotatable bonds is 3. The molecule has 7 nitrogen and oxygen atoms in total. The van der Waals surface area contributed by atoms with Crippen molar-refractivity contribution in [1.29, 1.82) is 0 Å². The van der Waals surface area contributed by atoms with E-state index in [2.05, 4.69) is 21.9 Å². The Bertz CT molecular complexity index is 1540. The van der Waals surface area contributed by atoms with Crippen molar-refractivity contribution in [2.45, 2.75) is 57.3 Å². The topological polar surface area (TPSA) is 90.3 Å². The van der Waals surface area contributed by atoms with Gasteiger partial charge >= 0.3 is 11.9 Å². The molecule has 7 heteroatoms. The van der Waals surface area contributed by atoms with Crippen molar-refractivity contribution in [3.05, 3.63) is 80.4 Å². The number of hydrogen-bond donors (Lipinski definition) is 2. The summed E-state index contributed by atoms with van der Waals surface area (Å²) in [7, 11) is 0. The van der Waals surface area contributed by atoms with E-state index in [0.717, 1.165) is 100 Å². The van der Waals surface area contributed by atoms with Crippen LogP contribution >= 0.6 is 0 Å². The first-order valence-electron chi connectivity index (χ1n) is 14.6. The van der Waals surface area contributed by atoms with Crippen molar-refractivity contribution in [3.8, 4) is 11.5 Å². The monoisotopic (exact) mass is 536 g/mol. The second-order valence-electron chi connectivity index (χ2n) is 11.9. The molecule has 0 bridgehead atoms. The lowest BCUT2D eigenvalue weighted by Crippen LogP contribution is -2.36. The van der Waals surface area contributed by atoms with Gasteiger partial charge in [-0.2, -0.15) is 0 Å². The van der Waals surface area contributed by atoms with E-state index in [-0.39, 0.29) is 11.1 Å². The number of carboxylic acids is 2. The molecule has 3 aromatic carbocycles. The van der Waals surface area contributed by atoms with E-state index < -0.39 is 17.9 Å². The average Bonchev–Trinajstić information content (AvgIpc) is 2.96. The van der Waals surface area contributed by atoms with Gasteiger partial charge in [0.05, 0.1) is 11.1 Å². The molecule has 40 heavy (non-hydrogen) atoms. The molecule has 204 valence electrons. The maximum atomic E-state index is 12.6. The highest BCUT2D eigenvalue weighted by Crippen LogP contribution is 2.57. The molecule has 0 radical (unpaired) electrons. The average molecular weight is 537 g/mol. The van der Waals surface area contributed by atoms with Crippen molar-refractivity contribution in [2.75, 3.05) is 36.0 Å². The summed E-state index contributed by atoms with van der Waals surface area (Å²) in [5, 5.41) is 20.2. The molecule has 0 amide bonds. The Morgan fingerprint density at radius 1 is 0.675 bits per heavy atom. The number of hydrogen-bond acceptors (Lipinski definition) is 5. The molecular formula is C33H32N2O5. The summed E-state index contributed by atoms with van der Waals surface area (Å²) in [6.45, 7) is 4.21. The molecule has 0 unspecified atom stereocenters. The van der Waals surface area contributed by atoms with Gasteiger partial charge in [-0.3, -0.25) is 0 Å². The van der Waals surface area contributed by atoms with Crippen LogP contribution in [-0.2, 0) is 25.7 Å². The van der Waals surface area contributed by atoms with Crippen LogP contribution in [0.1, 0.15) is 91.3 Å². The molecule has 2 N–H and O–H groups in total. The predicted molar refractivity (Wildman–Crippen MR) is 152 cm³/mol. The lowest BCUT2D eigenvalue weighted by Gasteiger charge is -2.43. The minimum absolute atomic E-state index is 0.102. The zero-order valence-corrected chi connectivity index (χ0v) is 22.5. The summed E-state index contributed by atoms with van der Waals surface area (Å²) in [5.41, 5.74) is 10.4. The van der Waals surface area contributed by atoms with Crippen molar-refractivity contribution in [3.63, 3.8) is 0 Å². The molecule has 5 heterocycles. The molecule has 5 aliphatic heterocycles. The first-order valence-corrected chi connectivity index (χ1v) is 14.6. The minimum Gasteiger partial charge on any atom is -0.478 e. The number of fused-ring (bicyclic) bond motifs is 4. The Hall–Kier alpha value is -4.00. The van der Waals surface area contributed by atoms with Crippen molar-refractivity contribution in [1.82, 2.24) is 0 Å². The molecule has 5 aliphatic rings. The second-order valence-corrected chi connectivity index (χ2v) is 11.9. The van der Waals surface area contributed by atoms with Crippen LogP contribution in [0.2, 0.25) is 0 Å². The van der Waals surface area contributed by atoms with Gasteiger partial charge in [-0.1, -0.05) is 0 Å². The van der Waals surface area contributed by atoms with Gasteiger partial charge in [0.1, 0.15) is 11.5 Å². The smallest absolute Gasteiger partial charge is 0.335 e. The van der Waals surface area contributed by atoms with Gasteiger partial charge in [0.2, 0.25) is 0 Å². The fraction of sp³-hybridized carbons (Fsp3) is 0.394. The van der Waals surface area contributed by atoms with Crippen LogP contribution in [0.25, 0.3) is 0 Å². The van der Waals surface area contributed by atoms with E-state index >= 15 is 0 Å². The van der Waals surface area contributed by atoms with Gasteiger partial charge in [0.15, 0.2) is 0 Å². The number of carbonyl (C=O) groups is 2. The summed E-state index contributed by atoms with van der Waals surface area (Å²) in [6.07, 6.45) is 8.13. The van der Waals surface area contributed by atoms with Gasteiger partial charge in [-0.05, 0) is 98.4 Å². The second kappa shape index (κ2) is 8.75. The van der Waals surface area contributed by atoms with Gasteiger partial charge in [-0.15, -0.1) is 0 Å². The minimum atomic E-state index is -1.06. The number of benzene rings is 3. The fourth-order valence-corrected chi connectivity index (χ4v) is 8.12. The van der Waals surface area contributed by atoms with E-state index in [4.69, 9.17) is 4.74 Å². The predicted octanol–water partition coefficient (Wildman–Crippen LogP) is 5.77. The summed E-state index contributed by atoms with van der Waals surface area (Å²) < 4.78 is 7.03. The summed E-state index contributed by atoms with van der Waals surface area (Å²) in [5.74, 6) is -0.787. The third kappa shape index (κ3) is 3.36. The fourth-order valence-electron chi connectivity index (χ4n) is 8.12. The number of nitrogens with zero attached hydrogens (tertiary/aromatic N) is 2. The van der Waals surface area contributed by atoms with Crippen molar-refractivity contribution < 1.29 is 24.5 Å². The van der Waals surface area contributed by atoms with E-state index in [1.165, 1.54) is 45.8 Å². The van der Waals surface area contributed by atoms with Crippen LogP contribution in [-0.4, -0.2) is 48.3 Å². The standard InChI is InChI=1S/C33H32N2O5/c36-32(37)20-9-10-21(33(38)39)24(17-20)27-25-15-18-5-1-11-34-13-3-7-22(28(18)34)30(25)40-31-23-8-4-14-35-12-2-6-19(29(23)35)16-26(27)31/h9-10,15-17,27H,1-8,11-14H2,(H,36,37)(H,38,39). The molecule has 0 spiro atoms. The Morgan fingerprint density at radius 2 is 1.20 bits per heavy atom. The van der Waals surface area contributed by atoms with Gasteiger partial charge in [0, 0.05) is 65.7 Å². The third-order valence-electron chi connectivity index (χ3n) is 9.67. The molecule has 0 fully saturated rings. The summed E-state index contributed by atoms with van der Waals surface area (Å²) >= 11 is 0. The van der Waals surface area contributed by atoms with Gasteiger partial charge < -0.3 is 24.7 Å². The lowest BCUT2D eigenvalue weighted by molar-refractivity contribution is 0.0680. The summed E-state index contributed by atoms with van der Waals surface area (Å²) in [6, 6.07) is 8.94. The van der Waals surface area contributed by atoms with Crippen molar-refractivity contribution >= 4 is 23.3 Å². The van der Waals surface area contributed by atoms with Crippen LogP contribution in [0.15, 0.2) is 30.3 Å². The van der Waals surface area contributed by atoms with Crippen LogP contribution in [0.5, 0.6) is 11.5 Å². The molecule has 8 rings (SSSR count). The SMILES string of the molecule is O=C(O)c1ccc(C(=O)O)c(C2c3cc4c5c(c3Oc3c2cc2c6c3CCCN6CCC2)CCCN5CCC4)c1. The third-order valence-corrected chi connectivity index (χ3v) is 9.67. The zero-order valence-electron chi connectivity index (χ0n) is 22.5. The van der Waals surface area contributed by atoms with Crippen LogP contribution in [0, 0.1) is 0 Å². The first-order chi connectivity index (χ1) is 19.5. The highest BCUT2D eigenvalue weighted by atomic mass is 16.5. The molecule has 0 aromatic heterocycles. The largest absolute Gasteiger partial charge is 0.478 e. The quantitative estimate of drug-likeness (QED) is 0.344. The van der Waals surface area contributed by atoms with E-state index in [1.54, 1.807) is 6.07 Å². The maximum Gasteiger partial charge on any atom is 0.335 e. The summed E-state index contributed by atoms with van der Waals surface area (Å²) in [4.78, 5) is 29.7. The number of ether oxygens (including phenoxy) is 1. The van der Waals surface area contributed by atoms with Gasteiger partial charge in [-0.25, -0.2) is 9.59 Å². The molecule has 0 aliphatic carbocycles. The van der Waals surface area contributed by atoms with Gasteiger partial charge in [0.25, 0.3) is 0 Å². The molecule has 0 atom stereocenters. The molecule has 0 saturated heterocycles.